The molecule has 28 heavy (non-hydrogen) atoms. The molecule has 0 bridgehead atoms. The molecule has 0 N–H and O–H groups in total. The van der Waals surface area contributed by atoms with Crippen LogP contribution in [-0.4, -0.2) is 40.9 Å². The van der Waals surface area contributed by atoms with Gasteiger partial charge in [-0.3, -0.25) is 9.69 Å². The molecule has 2 aromatic rings. The van der Waals surface area contributed by atoms with Crippen molar-refractivity contribution in [2.75, 3.05) is 13.1 Å². The summed E-state index contributed by atoms with van der Waals surface area (Å²) in [6.07, 6.45) is 3.39. The lowest BCUT2D eigenvalue weighted by Crippen LogP contribution is -2.57. The quantitative estimate of drug-likeness (QED) is 0.680. The minimum absolute atomic E-state index is 0.00239. The van der Waals surface area contributed by atoms with Crippen LogP contribution in [0.15, 0.2) is 48.5 Å². The van der Waals surface area contributed by atoms with E-state index in [9.17, 15) is 9.18 Å². The molecule has 1 fully saturated rings. The van der Waals surface area contributed by atoms with Gasteiger partial charge in [-0.25, -0.2) is 4.39 Å². The molecule has 148 valence electrons. The number of carbonyl (C=O) groups is 1. The van der Waals surface area contributed by atoms with Crippen molar-refractivity contribution in [3.05, 3.63) is 76.1 Å². The van der Waals surface area contributed by atoms with Crippen molar-refractivity contribution in [2.24, 2.45) is 0 Å². The zero-order chi connectivity index (χ0) is 20.3. The predicted octanol–water partition coefficient (Wildman–Crippen LogP) is 4.92. The summed E-state index contributed by atoms with van der Waals surface area (Å²) in [4.78, 5) is 17.0. The number of benzene rings is 2. The van der Waals surface area contributed by atoms with Crippen molar-refractivity contribution in [1.82, 2.24) is 9.80 Å². The van der Waals surface area contributed by atoms with E-state index in [-0.39, 0.29) is 23.8 Å². The zero-order valence-corrected chi connectivity index (χ0v) is 17.3. The maximum absolute atomic E-state index is 13.1. The highest BCUT2D eigenvalue weighted by Gasteiger charge is 2.30. The van der Waals surface area contributed by atoms with Gasteiger partial charge in [-0.05, 0) is 61.7 Å². The van der Waals surface area contributed by atoms with Crippen molar-refractivity contribution in [2.45, 2.75) is 39.4 Å². The standard InChI is InChI=1S/C23H26ClFN2O/c1-16-4-7-20(22(24)12-16)8-11-23(28)27-14-17(2)26(13-18(27)3)15-19-5-9-21(25)10-6-19/h4-12,17-18H,13-15H2,1-3H3/b11-8+/t17-,18+/m1/s1. The van der Waals surface area contributed by atoms with E-state index in [0.717, 1.165) is 29.8 Å². The van der Waals surface area contributed by atoms with Gasteiger partial charge in [0.2, 0.25) is 5.91 Å². The summed E-state index contributed by atoms with van der Waals surface area (Å²) >= 11 is 6.25. The van der Waals surface area contributed by atoms with Crippen molar-refractivity contribution < 1.29 is 9.18 Å². The summed E-state index contributed by atoms with van der Waals surface area (Å²) in [6.45, 7) is 8.36. The van der Waals surface area contributed by atoms with Crippen LogP contribution in [0.4, 0.5) is 4.39 Å². The Morgan fingerprint density at radius 3 is 2.54 bits per heavy atom. The number of rotatable bonds is 4. The molecule has 2 atom stereocenters. The highest BCUT2D eigenvalue weighted by Crippen LogP contribution is 2.21. The molecule has 1 aliphatic rings. The van der Waals surface area contributed by atoms with Crippen LogP contribution < -0.4 is 0 Å². The van der Waals surface area contributed by atoms with E-state index in [2.05, 4.69) is 18.7 Å². The van der Waals surface area contributed by atoms with Crippen LogP contribution in [0.2, 0.25) is 5.02 Å². The smallest absolute Gasteiger partial charge is 0.246 e. The predicted molar refractivity (Wildman–Crippen MR) is 113 cm³/mol. The Morgan fingerprint density at radius 1 is 1.14 bits per heavy atom. The highest BCUT2D eigenvalue weighted by atomic mass is 35.5. The summed E-state index contributed by atoms with van der Waals surface area (Å²) in [5, 5.41) is 0.648. The summed E-state index contributed by atoms with van der Waals surface area (Å²) in [6, 6.07) is 12.7. The third-order valence-corrected chi connectivity index (χ3v) is 5.59. The number of piperazine rings is 1. The van der Waals surface area contributed by atoms with Crippen LogP contribution in [-0.2, 0) is 11.3 Å². The summed E-state index contributed by atoms with van der Waals surface area (Å²) in [5.41, 5.74) is 3.01. The molecule has 1 saturated heterocycles. The van der Waals surface area contributed by atoms with Gasteiger partial charge in [-0.1, -0.05) is 35.9 Å². The number of halogens is 2. The van der Waals surface area contributed by atoms with Crippen LogP contribution in [0.1, 0.15) is 30.5 Å². The Balaban J connectivity index is 1.63. The largest absolute Gasteiger partial charge is 0.334 e. The molecule has 0 radical (unpaired) electrons. The zero-order valence-electron chi connectivity index (χ0n) is 16.5. The average molecular weight is 401 g/mol. The molecule has 3 rings (SSSR count). The van der Waals surface area contributed by atoms with E-state index in [1.165, 1.54) is 12.1 Å². The fourth-order valence-corrected chi connectivity index (χ4v) is 3.87. The molecule has 0 unspecified atom stereocenters. The third-order valence-electron chi connectivity index (χ3n) is 5.26. The second-order valence-corrected chi connectivity index (χ2v) is 8.01. The van der Waals surface area contributed by atoms with Crippen molar-refractivity contribution in [3.63, 3.8) is 0 Å². The van der Waals surface area contributed by atoms with Crippen LogP contribution in [0.3, 0.4) is 0 Å². The Kier molecular flexibility index (Phi) is 6.53. The van der Waals surface area contributed by atoms with Gasteiger partial charge in [0.1, 0.15) is 5.82 Å². The molecule has 1 amide bonds. The lowest BCUT2D eigenvalue weighted by Gasteiger charge is -2.44. The number of nitrogens with zero attached hydrogens (tertiary/aromatic N) is 2. The van der Waals surface area contributed by atoms with Gasteiger partial charge < -0.3 is 4.90 Å². The fourth-order valence-electron chi connectivity index (χ4n) is 3.57. The molecule has 0 aromatic heterocycles. The van der Waals surface area contributed by atoms with Crippen molar-refractivity contribution in [3.8, 4) is 0 Å². The Labute approximate surface area is 171 Å². The normalized spacial score (nSPS) is 20.7. The van der Waals surface area contributed by atoms with E-state index in [1.54, 1.807) is 12.2 Å². The Hall–Kier alpha value is -2.17. The molecule has 2 aromatic carbocycles. The van der Waals surface area contributed by atoms with Gasteiger partial charge in [-0.2, -0.15) is 0 Å². The van der Waals surface area contributed by atoms with Gasteiger partial charge in [0.25, 0.3) is 0 Å². The van der Waals surface area contributed by atoms with Crippen molar-refractivity contribution in [1.29, 1.82) is 0 Å². The summed E-state index contributed by atoms with van der Waals surface area (Å²) < 4.78 is 13.1. The summed E-state index contributed by atoms with van der Waals surface area (Å²) in [7, 11) is 0. The molecular formula is C23H26ClFN2O. The Morgan fingerprint density at radius 2 is 1.86 bits per heavy atom. The first-order chi connectivity index (χ1) is 13.3. The maximum atomic E-state index is 13.1. The molecular weight excluding hydrogens is 375 g/mol. The molecule has 0 saturated carbocycles. The van der Waals surface area contributed by atoms with Gasteiger partial charge in [0.05, 0.1) is 0 Å². The van der Waals surface area contributed by atoms with E-state index >= 15 is 0 Å². The fraction of sp³-hybridized carbons (Fsp3) is 0.348. The topological polar surface area (TPSA) is 23.6 Å². The number of aryl methyl sites for hydroxylation is 1. The van der Waals surface area contributed by atoms with Gasteiger partial charge >= 0.3 is 0 Å². The SMILES string of the molecule is Cc1ccc(/C=C/C(=O)N2C[C@@H](C)N(Cc3ccc(F)cc3)C[C@@H]2C)c(Cl)c1. The van der Waals surface area contributed by atoms with Gasteiger partial charge in [0, 0.05) is 42.8 Å². The maximum Gasteiger partial charge on any atom is 0.246 e. The number of hydrogen-bond donors (Lipinski definition) is 0. The van der Waals surface area contributed by atoms with E-state index < -0.39 is 0 Å². The van der Waals surface area contributed by atoms with E-state index in [0.29, 0.717) is 11.6 Å². The lowest BCUT2D eigenvalue weighted by molar-refractivity contribution is -0.131. The Bertz CT molecular complexity index is 865. The van der Waals surface area contributed by atoms with Crippen LogP contribution >= 0.6 is 11.6 Å². The third kappa shape index (κ3) is 5.00. The first kappa shape index (κ1) is 20.6. The molecule has 3 nitrogen and oxygen atoms in total. The van der Waals surface area contributed by atoms with Crippen LogP contribution in [0.5, 0.6) is 0 Å². The van der Waals surface area contributed by atoms with E-state index in [4.69, 9.17) is 11.6 Å². The van der Waals surface area contributed by atoms with Gasteiger partial charge in [-0.15, -0.1) is 0 Å². The number of carbonyl (C=O) groups excluding carboxylic acids is 1. The highest BCUT2D eigenvalue weighted by molar-refractivity contribution is 6.32. The second-order valence-electron chi connectivity index (χ2n) is 7.60. The van der Waals surface area contributed by atoms with Crippen LogP contribution in [0.25, 0.3) is 6.08 Å². The summed E-state index contributed by atoms with van der Waals surface area (Å²) in [5.74, 6) is -0.224. The lowest BCUT2D eigenvalue weighted by atomic mass is 10.1. The van der Waals surface area contributed by atoms with E-state index in [1.807, 2.05) is 42.2 Å². The molecule has 1 heterocycles. The number of amides is 1. The first-order valence-corrected chi connectivity index (χ1v) is 9.94. The molecule has 5 heteroatoms. The second kappa shape index (κ2) is 8.89. The number of hydrogen-bond acceptors (Lipinski definition) is 2. The molecule has 0 aliphatic carbocycles. The average Bonchev–Trinajstić information content (AvgIpc) is 2.65. The minimum atomic E-state index is -0.221. The minimum Gasteiger partial charge on any atom is -0.334 e. The molecule has 0 spiro atoms. The van der Waals surface area contributed by atoms with Crippen molar-refractivity contribution >= 4 is 23.6 Å². The van der Waals surface area contributed by atoms with Crippen LogP contribution in [0, 0.1) is 12.7 Å². The first-order valence-electron chi connectivity index (χ1n) is 9.57. The monoisotopic (exact) mass is 400 g/mol. The van der Waals surface area contributed by atoms with Gasteiger partial charge in [0.15, 0.2) is 0 Å². The molecule has 1 aliphatic heterocycles.